The minimum absolute atomic E-state index is 0. The van der Waals surface area contributed by atoms with Crippen molar-refractivity contribution in [2.75, 3.05) is 27.2 Å². The molecule has 0 aliphatic rings. The van der Waals surface area contributed by atoms with Crippen LogP contribution in [0.25, 0.3) is 0 Å². The zero-order chi connectivity index (χ0) is 15.7. The first-order valence-electron chi connectivity index (χ1n) is 6.88. The summed E-state index contributed by atoms with van der Waals surface area (Å²) in [7, 11) is 3.39. The molecule has 1 atom stereocenters. The van der Waals surface area contributed by atoms with Crippen molar-refractivity contribution in [1.82, 2.24) is 16.0 Å². The number of hydrogen-bond acceptors (Lipinski definition) is 4. The number of ether oxygens (including phenoxy) is 1. The molecule has 0 aliphatic heterocycles. The van der Waals surface area contributed by atoms with E-state index in [9.17, 15) is 9.59 Å². The van der Waals surface area contributed by atoms with Crippen LogP contribution in [0.3, 0.4) is 0 Å². The molecule has 1 unspecified atom stereocenters. The van der Waals surface area contributed by atoms with Crippen LogP contribution in [0.2, 0.25) is 0 Å². The van der Waals surface area contributed by atoms with Crippen molar-refractivity contribution in [3.8, 4) is 5.75 Å². The van der Waals surface area contributed by atoms with Crippen LogP contribution in [0, 0.1) is 5.92 Å². The summed E-state index contributed by atoms with van der Waals surface area (Å²) in [5.41, 5.74) is 0.971. The summed E-state index contributed by atoms with van der Waals surface area (Å²) in [5, 5.41) is 8.28. The highest BCUT2D eigenvalue weighted by Crippen LogP contribution is 2.10. The highest BCUT2D eigenvalue weighted by molar-refractivity contribution is 5.86. The van der Waals surface area contributed by atoms with Crippen molar-refractivity contribution in [2.24, 2.45) is 5.92 Å². The number of nitrogens with one attached hydrogen (secondary N) is 3. The van der Waals surface area contributed by atoms with Gasteiger partial charge in [0.05, 0.1) is 13.7 Å². The van der Waals surface area contributed by atoms with Gasteiger partial charge < -0.3 is 20.7 Å². The van der Waals surface area contributed by atoms with Crippen molar-refractivity contribution < 1.29 is 14.3 Å². The number of amides is 2. The Morgan fingerprint density at radius 2 is 1.82 bits per heavy atom. The Bertz CT molecular complexity index is 466. The SMILES string of the molecule is CNCC(C)C(=O)NCC(=O)NCc1ccc(OC)cc1.Cl. The molecular weight excluding hydrogens is 306 g/mol. The van der Waals surface area contributed by atoms with Gasteiger partial charge in [-0.05, 0) is 24.7 Å². The second kappa shape index (κ2) is 10.9. The van der Waals surface area contributed by atoms with E-state index < -0.39 is 0 Å². The van der Waals surface area contributed by atoms with Gasteiger partial charge in [0.15, 0.2) is 0 Å². The van der Waals surface area contributed by atoms with Gasteiger partial charge in [0.2, 0.25) is 11.8 Å². The molecule has 1 aromatic carbocycles. The van der Waals surface area contributed by atoms with E-state index in [2.05, 4.69) is 16.0 Å². The third kappa shape index (κ3) is 7.28. The van der Waals surface area contributed by atoms with Crippen LogP contribution in [0.5, 0.6) is 5.75 Å². The Kier molecular flexibility index (Phi) is 9.98. The molecule has 0 spiro atoms. The van der Waals surface area contributed by atoms with E-state index in [1.807, 2.05) is 24.3 Å². The molecule has 6 nitrogen and oxygen atoms in total. The third-order valence-corrected chi connectivity index (χ3v) is 3.03. The van der Waals surface area contributed by atoms with Crippen molar-refractivity contribution in [2.45, 2.75) is 13.5 Å². The van der Waals surface area contributed by atoms with E-state index in [1.165, 1.54) is 0 Å². The van der Waals surface area contributed by atoms with Crippen LogP contribution in [0.1, 0.15) is 12.5 Å². The van der Waals surface area contributed by atoms with Gasteiger partial charge in [-0.2, -0.15) is 0 Å². The standard InChI is InChI=1S/C15H23N3O3.ClH/c1-11(8-16-2)15(20)18-10-14(19)17-9-12-4-6-13(21-3)7-5-12;/h4-7,11,16H,8-10H2,1-3H3,(H,17,19)(H,18,20);1H. The van der Waals surface area contributed by atoms with Crippen LogP contribution in [0.4, 0.5) is 0 Å². The summed E-state index contributed by atoms with van der Waals surface area (Å²) in [6, 6.07) is 7.44. The molecule has 0 radical (unpaired) electrons. The molecule has 1 aromatic rings. The summed E-state index contributed by atoms with van der Waals surface area (Å²) < 4.78 is 5.06. The topological polar surface area (TPSA) is 79.5 Å². The van der Waals surface area contributed by atoms with Gasteiger partial charge >= 0.3 is 0 Å². The number of methoxy groups -OCH3 is 1. The Morgan fingerprint density at radius 1 is 1.18 bits per heavy atom. The van der Waals surface area contributed by atoms with E-state index in [1.54, 1.807) is 21.1 Å². The van der Waals surface area contributed by atoms with E-state index in [-0.39, 0.29) is 36.7 Å². The second-order valence-corrected chi connectivity index (χ2v) is 4.80. The van der Waals surface area contributed by atoms with Gasteiger partial charge in [-0.15, -0.1) is 12.4 Å². The molecule has 0 heterocycles. The van der Waals surface area contributed by atoms with Crippen LogP contribution < -0.4 is 20.7 Å². The normalized spacial score (nSPS) is 11.0. The monoisotopic (exact) mass is 329 g/mol. The summed E-state index contributed by atoms with van der Waals surface area (Å²) in [5.74, 6) is 0.264. The van der Waals surface area contributed by atoms with Crippen LogP contribution in [0.15, 0.2) is 24.3 Å². The minimum atomic E-state index is -0.212. The molecule has 0 bridgehead atoms. The molecule has 7 heteroatoms. The van der Waals surface area contributed by atoms with E-state index >= 15 is 0 Å². The second-order valence-electron chi connectivity index (χ2n) is 4.80. The molecule has 22 heavy (non-hydrogen) atoms. The largest absolute Gasteiger partial charge is 0.497 e. The lowest BCUT2D eigenvalue weighted by atomic mass is 10.1. The van der Waals surface area contributed by atoms with Gasteiger partial charge in [0, 0.05) is 19.0 Å². The average molecular weight is 330 g/mol. The van der Waals surface area contributed by atoms with Crippen LogP contribution in [-0.2, 0) is 16.1 Å². The maximum atomic E-state index is 11.7. The smallest absolute Gasteiger partial charge is 0.239 e. The zero-order valence-corrected chi connectivity index (χ0v) is 14.0. The number of carbonyl (C=O) groups excluding carboxylic acids is 2. The average Bonchev–Trinajstić information content (AvgIpc) is 2.51. The van der Waals surface area contributed by atoms with Gasteiger partial charge in [-0.3, -0.25) is 9.59 Å². The quantitative estimate of drug-likeness (QED) is 0.656. The maximum Gasteiger partial charge on any atom is 0.239 e. The zero-order valence-electron chi connectivity index (χ0n) is 13.1. The fourth-order valence-electron chi connectivity index (χ4n) is 1.75. The van der Waals surface area contributed by atoms with Crippen molar-refractivity contribution in [3.63, 3.8) is 0 Å². The van der Waals surface area contributed by atoms with Gasteiger partial charge in [0.25, 0.3) is 0 Å². The Balaban J connectivity index is 0.00000441. The highest BCUT2D eigenvalue weighted by Gasteiger charge is 2.12. The van der Waals surface area contributed by atoms with E-state index in [0.29, 0.717) is 13.1 Å². The first-order valence-corrected chi connectivity index (χ1v) is 6.88. The van der Waals surface area contributed by atoms with Crippen molar-refractivity contribution in [1.29, 1.82) is 0 Å². The van der Waals surface area contributed by atoms with E-state index in [4.69, 9.17) is 4.74 Å². The number of rotatable bonds is 8. The molecule has 3 N–H and O–H groups in total. The molecule has 2 amide bonds. The summed E-state index contributed by atoms with van der Waals surface area (Å²) in [6.45, 7) is 2.80. The lowest BCUT2D eigenvalue weighted by Crippen LogP contribution is -2.40. The fraction of sp³-hybridized carbons (Fsp3) is 0.467. The van der Waals surface area contributed by atoms with Gasteiger partial charge in [-0.25, -0.2) is 0 Å². The third-order valence-electron chi connectivity index (χ3n) is 3.03. The predicted molar refractivity (Wildman–Crippen MR) is 88.2 cm³/mol. The van der Waals surface area contributed by atoms with Crippen molar-refractivity contribution >= 4 is 24.2 Å². The summed E-state index contributed by atoms with van der Waals surface area (Å²) >= 11 is 0. The number of benzene rings is 1. The predicted octanol–water partition coefficient (Wildman–Crippen LogP) is 0.705. The molecule has 0 saturated carbocycles. The first kappa shape index (κ1) is 20.2. The number of hydrogen-bond donors (Lipinski definition) is 3. The Labute approximate surface area is 137 Å². The van der Waals surface area contributed by atoms with Crippen LogP contribution in [-0.4, -0.2) is 39.1 Å². The molecule has 0 saturated heterocycles. The molecular formula is C15H24ClN3O3. The molecule has 0 fully saturated rings. The molecule has 0 aromatic heterocycles. The summed E-state index contributed by atoms with van der Waals surface area (Å²) in [4.78, 5) is 23.3. The molecule has 124 valence electrons. The Hall–Kier alpha value is -1.79. The van der Waals surface area contributed by atoms with E-state index in [0.717, 1.165) is 11.3 Å². The van der Waals surface area contributed by atoms with Crippen molar-refractivity contribution in [3.05, 3.63) is 29.8 Å². The molecule has 0 aliphatic carbocycles. The van der Waals surface area contributed by atoms with Gasteiger partial charge in [-0.1, -0.05) is 19.1 Å². The first-order chi connectivity index (χ1) is 10.1. The number of halogens is 1. The highest BCUT2D eigenvalue weighted by atomic mass is 35.5. The summed E-state index contributed by atoms with van der Waals surface area (Å²) in [6.07, 6.45) is 0. The molecule has 1 rings (SSSR count). The number of carbonyl (C=O) groups is 2. The van der Waals surface area contributed by atoms with Gasteiger partial charge in [0.1, 0.15) is 5.75 Å². The lowest BCUT2D eigenvalue weighted by molar-refractivity contribution is -0.128. The Morgan fingerprint density at radius 3 is 2.36 bits per heavy atom. The fourth-order valence-corrected chi connectivity index (χ4v) is 1.75. The van der Waals surface area contributed by atoms with Crippen LogP contribution >= 0.6 is 12.4 Å². The minimum Gasteiger partial charge on any atom is -0.497 e. The maximum absolute atomic E-state index is 11.7. The lowest BCUT2D eigenvalue weighted by Gasteiger charge is -2.11.